The van der Waals surface area contributed by atoms with Gasteiger partial charge in [-0.05, 0) is 17.5 Å². The van der Waals surface area contributed by atoms with E-state index in [1.807, 2.05) is 60.7 Å². The van der Waals surface area contributed by atoms with Gasteiger partial charge in [0, 0.05) is 6.04 Å². The van der Waals surface area contributed by atoms with Gasteiger partial charge < -0.3 is 10.5 Å². The van der Waals surface area contributed by atoms with Crippen LogP contribution >= 0.6 is 12.4 Å². The van der Waals surface area contributed by atoms with E-state index in [2.05, 4.69) is 0 Å². The summed E-state index contributed by atoms with van der Waals surface area (Å²) in [6.45, 7) is 0.303. The molecule has 0 radical (unpaired) electrons. The number of benzene rings is 2. The van der Waals surface area contributed by atoms with E-state index in [1.165, 1.54) is 0 Å². The van der Waals surface area contributed by atoms with Crippen LogP contribution in [0.15, 0.2) is 60.7 Å². The molecule has 0 aliphatic heterocycles. The topological polar surface area (TPSA) is 52.3 Å². The van der Waals surface area contributed by atoms with E-state index >= 15 is 0 Å². The summed E-state index contributed by atoms with van der Waals surface area (Å²) in [7, 11) is 0. The van der Waals surface area contributed by atoms with Crippen molar-refractivity contribution in [2.75, 3.05) is 0 Å². The summed E-state index contributed by atoms with van der Waals surface area (Å²) in [6, 6.07) is 19.3. The van der Waals surface area contributed by atoms with Gasteiger partial charge in [-0.15, -0.1) is 12.4 Å². The molecule has 3 nitrogen and oxygen atoms in total. The van der Waals surface area contributed by atoms with Crippen LogP contribution in [0.25, 0.3) is 0 Å². The first-order valence-corrected chi connectivity index (χ1v) is 6.73. The maximum Gasteiger partial charge on any atom is 0.307 e. The number of rotatable bonds is 6. The fourth-order valence-corrected chi connectivity index (χ4v) is 2.00. The fourth-order valence-electron chi connectivity index (χ4n) is 2.00. The molecule has 2 rings (SSSR count). The van der Waals surface area contributed by atoms with Gasteiger partial charge in [0.2, 0.25) is 0 Å². The van der Waals surface area contributed by atoms with Crippen LogP contribution in [-0.4, -0.2) is 12.0 Å². The number of ether oxygens (including phenoxy) is 1. The summed E-state index contributed by atoms with van der Waals surface area (Å²) in [4.78, 5) is 11.7. The van der Waals surface area contributed by atoms with E-state index in [9.17, 15) is 4.79 Å². The number of halogens is 1. The van der Waals surface area contributed by atoms with Crippen molar-refractivity contribution >= 4 is 18.4 Å². The van der Waals surface area contributed by atoms with E-state index in [0.29, 0.717) is 13.0 Å². The van der Waals surface area contributed by atoms with E-state index in [-0.39, 0.29) is 30.8 Å². The number of carbonyl (C=O) groups is 1. The zero-order chi connectivity index (χ0) is 14.2. The monoisotopic (exact) mass is 305 g/mol. The molecule has 0 saturated carbocycles. The highest BCUT2D eigenvalue weighted by atomic mass is 35.5. The molecule has 0 aliphatic carbocycles. The molecule has 112 valence electrons. The average Bonchev–Trinajstić information content (AvgIpc) is 2.47. The minimum absolute atomic E-state index is 0. The Morgan fingerprint density at radius 2 is 1.48 bits per heavy atom. The van der Waals surface area contributed by atoms with Crippen molar-refractivity contribution in [1.29, 1.82) is 0 Å². The summed E-state index contributed by atoms with van der Waals surface area (Å²) in [5, 5.41) is 0. The Morgan fingerprint density at radius 3 is 2.05 bits per heavy atom. The van der Waals surface area contributed by atoms with Crippen LogP contribution in [0.2, 0.25) is 0 Å². The number of hydrogen-bond donors (Lipinski definition) is 1. The largest absolute Gasteiger partial charge is 0.461 e. The summed E-state index contributed by atoms with van der Waals surface area (Å²) >= 11 is 0. The molecule has 0 amide bonds. The summed E-state index contributed by atoms with van der Waals surface area (Å²) in [5.41, 5.74) is 8.09. The van der Waals surface area contributed by atoms with Crippen LogP contribution in [0, 0.1) is 0 Å². The predicted molar refractivity (Wildman–Crippen MR) is 86.2 cm³/mol. The molecule has 0 heterocycles. The third-order valence-electron chi connectivity index (χ3n) is 3.01. The van der Waals surface area contributed by atoms with E-state index < -0.39 is 0 Å². The quantitative estimate of drug-likeness (QED) is 0.834. The van der Waals surface area contributed by atoms with Gasteiger partial charge in [-0.1, -0.05) is 60.7 Å². The van der Waals surface area contributed by atoms with Gasteiger partial charge in [0.15, 0.2) is 0 Å². The smallest absolute Gasteiger partial charge is 0.307 e. The van der Waals surface area contributed by atoms with Gasteiger partial charge in [0.25, 0.3) is 0 Å². The zero-order valence-electron chi connectivity index (χ0n) is 11.8. The van der Waals surface area contributed by atoms with E-state index in [1.54, 1.807) is 0 Å². The van der Waals surface area contributed by atoms with Crippen molar-refractivity contribution in [2.24, 2.45) is 5.73 Å². The third kappa shape index (κ3) is 6.43. The Kier molecular flexibility index (Phi) is 7.51. The zero-order valence-corrected chi connectivity index (χ0v) is 12.6. The lowest BCUT2D eigenvalue weighted by atomic mass is 10.0. The maximum atomic E-state index is 11.7. The van der Waals surface area contributed by atoms with Gasteiger partial charge >= 0.3 is 5.97 Å². The molecular formula is C17H20ClNO2. The lowest BCUT2D eigenvalue weighted by molar-refractivity contribution is -0.145. The Balaban J connectivity index is 0.00000220. The highest BCUT2D eigenvalue weighted by molar-refractivity contribution is 5.85. The van der Waals surface area contributed by atoms with Crippen molar-refractivity contribution < 1.29 is 9.53 Å². The van der Waals surface area contributed by atoms with Crippen molar-refractivity contribution in [2.45, 2.75) is 25.5 Å². The molecule has 0 fully saturated rings. The van der Waals surface area contributed by atoms with Gasteiger partial charge in [-0.25, -0.2) is 0 Å². The lowest BCUT2D eigenvalue weighted by Crippen LogP contribution is -2.27. The van der Waals surface area contributed by atoms with Crippen LogP contribution < -0.4 is 5.73 Å². The first kappa shape index (κ1) is 17.2. The standard InChI is InChI=1S/C17H19NO2.ClH/c18-16(11-14-7-3-1-4-8-14)12-17(19)20-13-15-9-5-2-6-10-15;/h1-10,16H,11-13,18H2;1H. The average molecular weight is 306 g/mol. The number of carbonyl (C=O) groups excluding carboxylic acids is 1. The molecule has 0 aliphatic rings. The second-order valence-electron chi connectivity index (χ2n) is 4.80. The summed E-state index contributed by atoms with van der Waals surface area (Å²) in [5.74, 6) is -0.253. The molecule has 2 N–H and O–H groups in total. The van der Waals surface area contributed by atoms with Crippen molar-refractivity contribution in [1.82, 2.24) is 0 Å². The first-order chi connectivity index (χ1) is 9.74. The molecule has 1 unspecified atom stereocenters. The van der Waals surface area contributed by atoms with Crippen LogP contribution in [0.1, 0.15) is 17.5 Å². The van der Waals surface area contributed by atoms with Crippen molar-refractivity contribution in [3.63, 3.8) is 0 Å². The molecule has 0 spiro atoms. The third-order valence-corrected chi connectivity index (χ3v) is 3.01. The normalized spacial score (nSPS) is 11.3. The van der Waals surface area contributed by atoms with E-state index in [0.717, 1.165) is 11.1 Å². The molecule has 0 saturated heterocycles. The van der Waals surface area contributed by atoms with Crippen LogP contribution in [0.3, 0.4) is 0 Å². The molecule has 0 aromatic heterocycles. The Morgan fingerprint density at radius 1 is 0.952 bits per heavy atom. The Bertz CT molecular complexity index is 531. The SMILES string of the molecule is Cl.NC(CC(=O)OCc1ccccc1)Cc1ccccc1. The summed E-state index contributed by atoms with van der Waals surface area (Å²) < 4.78 is 5.22. The second kappa shape index (κ2) is 9.16. The fraction of sp³-hybridized carbons (Fsp3) is 0.235. The first-order valence-electron chi connectivity index (χ1n) is 6.73. The molecule has 2 aromatic rings. The Hall–Kier alpha value is -1.84. The van der Waals surface area contributed by atoms with Gasteiger partial charge in [0.05, 0.1) is 6.42 Å². The minimum Gasteiger partial charge on any atom is -0.461 e. The number of esters is 1. The van der Waals surface area contributed by atoms with Gasteiger partial charge in [-0.3, -0.25) is 4.79 Å². The molecule has 21 heavy (non-hydrogen) atoms. The van der Waals surface area contributed by atoms with Crippen molar-refractivity contribution in [3.8, 4) is 0 Å². The molecule has 0 bridgehead atoms. The molecule has 2 aromatic carbocycles. The molecule has 4 heteroatoms. The van der Waals surface area contributed by atoms with E-state index in [4.69, 9.17) is 10.5 Å². The van der Waals surface area contributed by atoms with Crippen LogP contribution in [0.5, 0.6) is 0 Å². The van der Waals surface area contributed by atoms with Gasteiger partial charge in [-0.2, -0.15) is 0 Å². The van der Waals surface area contributed by atoms with Crippen molar-refractivity contribution in [3.05, 3.63) is 71.8 Å². The minimum atomic E-state index is -0.253. The Labute approximate surface area is 131 Å². The highest BCUT2D eigenvalue weighted by Crippen LogP contribution is 2.06. The van der Waals surface area contributed by atoms with Crippen LogP contribution in [-0.2, 0) is 22.6 Å². The lowest BCUT2D eigenvalue weighted by Gasteiger charge is -2.11. The second-order valence-corrected chi connectivity index (χ2v) is 4.80. The van der Waals surface area contributed by atoms with Gasteiger partial charge in [0.1, 0.15) is 6.61 Å². The number of nitrogens with two attached hydrogens (primary N) is 1. The molecule has 1 atom stereocenters. The summed E-state index contributed by atoms with van der Waals surface area (Å²) in [6.07, 6.45) is 0.920. The highest BCUT2D eigenvalue weighted by Gasteiger charge is 2.11. The molecular weight excluding hydrogens is 286 g/mol. The predicted octanol–water partition coefficient (Wildman–Crippen LogP) is 3.11. The van der Waals surface area contributed by atoms with Crippen LogP contribution in [0.4, 0.5) is 0 Å². The number of hydrogen-bond acceptors (Lipinski definition) is 3. The maximum absolute atomic E-state index is 11.7.